The van der Waals surface area contributed by atoms with Crippen molar-refractivity contribution >= 4 is 27.8 Å². The summed E-state index contributed by atoms with van der Waals surface area (Å²) in [5, 5.41) is 2.98. The van der Waals surface area contributed by atoms with Crippen LogP contribution in [0.15, 0.2) is 28.7 Å². The predicted octanol–water partition coefficient (Wildman–Crippen LogP) is 1.81. The number of carbonyl (C=O) groups is 2. The molecular weight excluding hydrogens is 374 g/mol. The summed E-state index contributed by atoms with van der Waals surface area (Å²) in [7, 11) is 1.35. The van der Waals surface area contributed by atoms with Gasteiger partial charge in [-0.1, -0.05) is 28.1 Å². The Bertz CT molecular complexity index is 604. The van der Waals surface area contributed by atoms with Crippen LogP contribution in [0.1, 0.15) is 37.3 Å². The minimum absolute atomic E-state index is 0.0949. The summed E-state index contributed by atoms with van der Waals surface area (Å²) in [5.41, 5.74) is 7.17. The Balaban J connectivity index is 1.65. The molecule has 7 heteroatoms. The molecule has 1 saturated heterocycles. The predicted molar refractivity (Wildman–Crippen MR) is 92.8 cm³/mol. The number of hydrazine groups is 1. The molecule has 130 valence electrons. The van der Waals surface area contributed by atoms with E-state index in [4.69, 9.17) is 4.74 Å². The van der Waals surface area contributed by atoms with Crippen LogP contribution < -0.4 is 16.2 Å². The molecule has 0 aromatic heterocycles. The van der Waals surface area contributed by atoms with Crippen LogP contribution in [0.2, 0.25) is 0 Å². The minimum atomic E-state index is -0.403. The summed E-state index contributed by atoms with van der Waals surface area (Å²) < 4.78 is 5.71. The van der Waals surface area contributed by atoms with E-state index in [0.717, 1.165) is 16.5 Å². The number of halogens is 1. The average molecular weight is 396 g/mol. The van der Waals surface area contributed by atoms with Crippen LogP contribution in [-0.2, 0) is 14.3 Å². The zero-order valence-electron chi connectivity index (χ0n) is 13.5. The van der Waals surface area contributed by atoms with Gasteiger partial charge < -0.3 is 10.1 Å². The molecule has 1 heterocycles. The summed E-state index contributed by atoms with van der Waals surface area (Å²) in [6, 6.07) is 7.27. The van der Waals surface area contributed by atoms with Crippen LogP contribution in [0.25, 0.3) is 0 Å². The molecule has 1 aliphatic carbocycles. The molecule has 1 amide bonds. The molecule has 3 N–H and O–H groups in total. The van der Waals surface area contributed by atoms with Crippen molar-refractivity contribution in [2.75, 3.05) is 7.11 Å². The highest BCUT2D eigenvalue weighted by Gasteiger charge is 2.39. The molecule has 2 aliphatic rings. The Hall–Kier alpha value is -1.44. The lowest BCUT2D eigenvalue weighted by molar-refractivity contribution is -0.141. The summed E-state index contributed by atoms with van der Waals surface area (Å²) in [5.74, 6) is 0.242. The van der Waals surface area contributed by atoms with Gasteiger partial charge in [0, 0.05) is 10.5 Å². The second kappa shape index (κ2) is 7.63. The van der Waals surface area contributed by atoms with Gasteiger partial charge in [-0.3, -0.25) is 15.0 Å². The Labute approximate surface area is 149 Å². The molecule has 0 radical (unpaired) electrons. The number of carbonyl (C=O) groups excluding carboxylic acids is 2. The van der Waals surface area contributed by atoms with Crippen molar-refractivity contribution in [1.82, 2.24) is 16.2 Å². The fraction of sp³-hybridized carbons (Fsp3) is 0.529. The monoisotopic (exact) mass is 395 g/mol. The molecule has 3 atom stereocenters. The third-order valence-electron chi connectivity index (χ3n) is 4.63. The quantitative estimate of drug-likeness (QED) is 0.640. The second-order valence-corrected chi connectivity index (χ2v) is 7.33. The van der Waals surface area contributed by atoms with E-state index in [2.05, 4.69) is 32.1 Å². The van der Waals surface area contributed by atoms with E-state index >= 15 is 0 Å². The minimum Gasteiger partial charge on any atom is -0.469 e. The first kappa shape index (κ1) is 17.4. The number of esters is 1. The van der Waals surface area contributed by atoms with Crippen molar-refractivity contribution in [3.8, 4) is 0 Å². The Morgan fingerprint density at radius 3 is 2.62 bits per heavy atom. The first-order valence-corrected chi connectivity index (χ1v) is 9.00. The maximum Gasteiger partial charge on any atom is 0.307 e. The SMILES string of the molecule is COC(=O)CC(NC(=O)C1CC(C2CC2)NN1)c1ccc(Br)cc1. The largest absolute Gasteiger partial charge is 0.469 e. The first-order chi connectivity index (χ1) is 11.6. The zero-order valence-corrected chi connectivity index (χ0v) is 15.1. The maximum absolute atomic E-state index is 12.6. The summed E-state index contributed by atoms with van der Waals surface area (Å²) in [4.78, 5) is 24.3. The van der Waals surface area contributed by atoms with Gasteiger partial charge in [0.25, 0.3) is 0 Å². The molecule has 1 aromatic rings. The van der Waals surface area contributed by atoms with Gasteiger partial charge in [0.1, 0.15) is 6.04 Å². The molecule has 3 unspecified atom stereocenters. The highest BCUT2D eigenvalue weighted by Crippen LogP contribution is 2.35. The molecule has 3 rings (SSSR count). The number of benzene rings is 1. The molecule has 2 fully saturated rings. The Morgan fingerprint density at radius 2 is 2.00 bits per heavy atom. The van der Waals surface area contributed by atoms with Gasteiger partial charge in [0.15, 0.2) is 0 Å². The van der Waals surface area contributed by atoms with Gasteiger partial charge in [0.2, 0.25) is 5.91 Å². The molecule has 0 bridgehead atoms. The standard InChI is InChI=1S/C17H22BrN3O3/c1-24-16(22)9-13(10-4-6-12(18)7-5-10)19-17(23)15-8-14(20-21-15)11-2-3-11/h4-7,11,13-15,20-21H,2-3,8-9H2,1H3,(H,19,23). The van der Waals surface area contributed by atoms with Gasteiger partial charge >= 0.3 is 5.97 Å². The molecular formula is C17H22BrN3O3. The number of hydrogen-bond donors (Lipinski definition) is 3. The lowest BCUT2D eigenvalue weighted by Crippen LogP contribution is -2.45. The van der Waals surface area contributed by atoms with Crippen molar-refractivity contribution in [1.29, 1.82) is 0 Å². The smallest absolute Gasteiger partial charge is 0.307 e. The van der Waals surface area contributed by atoms with Crippen molar-refractivity contribution in [3.05, 3.63) is 34.3 Å². The fourth-order valence-corrected chi connectivity index (χ4v) is 3.29. The highest BCUT2D eigenvalue weighted by atomic mass is 79.9. The fourth-order valence-electron chi connectivity index (χ4n) is 3.03. The molecule has 24 heavy (non-hydrogen) atoms. The zero-order chi connectivity index (χ0) is 17.1. The van der Waals surface area contributed by atoms with E-state index in [1.165, 1.54) is 20.0 Å². The van der Waals surface area contributed by atoms with Crippen LogP contribution in [0.4, 0.5) is 0 Å². The number of rotatable bonds is 6. The molecule has 1 saturated carbocycles. The van der Waals surface area contributed by atoms with Crippen LogP contribution in [0.3, 0.4) is 0 Å². The van der Waals surface area contributed by atoms with Crippen molar-refractivity contribution in [3.63, 3.8) is 0 Å². The van der Waals surface area contributed by atoms with Crippen LogP contribution in [-0.4, -0.2) is 31.1 Å². The van der Waals surface area contributed by atoms with Gasteiger partial charge in [-0.15, -0.1) is 0 Å². The highest BCUT2D eigenvalue weighted by molar-refractivity contribution is 9.10. The second-order valence-electron chi connectivity index (χ2n) is 6.41. The van der Waals surface area contributed by atoms with Crippen LogP contribution in [0, 0.1) is 5.92 Å². The maximum atomic E-state index is 12.6. The van der Waals surface area contributed by atoms with E-state index < -0.39 is 6.04 Å². The van der Waals surface area contributed by atoms with Crippen LogP contribution in [0.5, 0.6) is 0 Å². The summed E-state index contributed by atoms with van der Waals surface area (Å²) >= 11 is 3.39. The van der Waals surface area contributed by atoms with Crippen molar-refractivity contribution in [2.45, 2.75) is 43.8 Å². The number of nitrogens with one attached hydrogen (secondary N) is 3. The van der Waals surface area contributed by atoms with Gasteiger partial charge in [-0.2, -0.15) is 0 Å². The van der Waals surface area contributed by atoms with Gasteiger partial charge in [0.05, 0.1) is 19.6 Å². The topological polar surface area (TPSA) is 79.5 Å². The number of amides is 1. The molecule has 1 aliphatic heterocycles. The van der Waals surface area contributed by atoms with Crippen molar-refractivity contribution in [2.24, 2.45) is 5.92 Å². The van der Waals surface area contributed by atoms with Gasteiger partial charge in [-0.25, -0.2) is 5.43 Å². The molecule has 0 spiro atoms. The number of ether oxygens (including phenoxy) is 1. The Kier molecular flexibility index (Phi) is 5.53. The van der Waals surface area contributed by atoms with E-state index in [0.29, 0.717) is 12.0 Å². The number of methoxy groups -OCH3 is 1. The number of hydrogen-bond acceptors (Lipinski definition) is 5. The summed E-state index contributed by atoms with van der Waals surface area (Å²) in [6.45, 7) is 0. The van der Waals surface area contributed by atoms with E-state index in [-0.39, 0.29) is 24.3 Å². The average Bonchev–Trinajstić information content (AvgIpc) is 3.31. The molecule has 1 aromatic carbocycles. The summed E-state index contributed by atoms with van der Waals surface area (Å²) in [6.07, 6.45) is 3.35. The Morgan fingerprint density at radius 1 is 1.29 bits per heavy atom. The van der Waals surface area contributed by atoms with E-state index in [9.17, 15) is 9.59 Å². The lowest BCUT2D eigenvalue weighted by atomic mass is 10.0. The van der Waals surface area contributed by atoms with E-state index in [1.54, 1.807) is 0 Å². The van der Waals surface area contributed by atoms with E-state index in [1.807, 2.05) is 24.3 Å². The first-order valence-electron chi connectivity index (χ1n) is 8.20. The third-order valence-corrected chi connectivity index (χ3v) is 5.16. The van der Waals surface area contributed by atoms with Gasteiger partial charge in [-0.05, 0) is 42.9 Å². The molecule has 6 nitrogen and oxygen atoms in total. The van der Waals surface area contributed by atoms with Crippen molar-refractivity contribution < 1.29 is 14.3 Å². The van der Waals surface area contributed by atoms with Crippen LogP contribution >= 0.6 is 15.9 Å². The third kappa shape index (κ3) is 4.34. The lowest BCUT2D eigenvalue weighted by Gasteiger charge is -2.20. The normalized spacial score (nSPS) is 24.4.